The summed E-state index contributed by atoms with van der Waals surface area (Å²) in [6.07, 6.45) is 0.897. The molecule has 0 bridgehead atoms. The molecule has 16 heavy (non-hydrogen) atoms. The smallest absolute Gasteiger partial charge is 0.381 e. The largest absolute Gasteiger partial charge is 0.500 e. The Labute approximate surface area is 99.6 Å². The summed E-state index contributed by atoms with van der Waals surface area (Å²) in [7, 11) is 2.42. The van der Waals surface area contributed by atoms with E-state index in [1.54, 1.807) is 21.3 Å². The van der Waals surface area contributed by atoms with Crippen LogP contribution in [0.4, 0.5) is 0 Å². The van der Waals surface area contributed by atoms with Crippen LogP contribution in [0, 0.1) is 5.92 Å². The zero-order valence-electron chi connectivity index (χ0n) is 10.8. The van der Waals surface area contributed by atoms with Gasteiger partial charge >= 0.3 is 8.80 Å². The average Bonchev–Trinajstić information content (AvgIpc) is 2.32. The van der Waals surface area contributed by atoms with Gasteiger partial charge in [-0.1, -0.05) is 6.92 Å². The van der Waals surface area contributed by atoms with Gasteiger partial charge in [0.25, 0.3) is 0 Å². The van der Waals surface area contributed by atoms with Crippen molar-refractivity contribution in [3.05, 3.63) is 0 Å². The summed E-state index contributed by atoms with van der Waals surface area (Å²) in [6.45, 7) is 4.16. The number of hydrogen-bond acceptors (Lipinski definition) is 5. The molecule has 2 N–H and O–H groups in total. The maximum atomic E-state index is 5.49. The number of hydrogen-bond donors (Lipinski definition) is 1. The van der Waals surface area contributed by atoms with Crippen molar-refractivity contribution in [2.24, 2.45) is 11.7 Å². The van der Waals surface area contributed by atoms with Crippen LogP contribution in [-0.2, 0) is 18.0 Å². The van der Waals surface area contributed by atoms with E-state index in [-0.39, 0.29) is 0 Å². The Kier molecular flexibility index (Phi) is 9.10. The SMILES string of the molecule is CO[Si](CC(C)COCCCN)(OC)OC. The third-order valence-electron chi connectivity index (χ3n) is 2.43. The summed E-state index contributed by atoms with van der Waals surface area (Å²) >= 11 is 0. The summed E-state index contributed by atoms with van der Waals surface area (Å²) in [5, 5.41) is 0. The molecule has 0 saturated carbocycles. The minimum Gasteiger partial charge on any atom is -0.381 e. The Morgan fingerprint density at radius 1 is 1.12 bits per heavy atom. The lowest BCUT2D eigenvalue weighted by Crippen LogP contribution is -2.44. The van der Waals surface area contributed by atoms with Gasteiger partial charge in [-0.25, -0.2) is 0 Å². The normalized spacial score (nSPS) is 14.1. The molecule has 0 aromatic rings. The van der Waals surface area contributed by atoms with E-state index < -0.39 is 8.80 Å². The summed E-state index contributed by atoms with van der Waals surface area (Å²) in [5.41, 5.74) is 5.38. The predicted molar refractivity (Wildman–Crippen MR) is 65.2 cm³/mol. The van der Waals surface area contributed by atoms with Crippen LogP contribution >= 0.6 is 0 Å². The quantitative estimate of drug-likeness (QED) is 0.461. The highest BCUT2D eigenvalue weighted by Crippen LogP contribution is 2.19. The van der Waals surface area contributed by atoms with Gasteiger partial charge in [0.05, 0.1) is 0 Å². The molecule has 1 unspecified atom stereocenters. The van der Waals surface area contributed by atoms with Gasteiger partial charge in [0.15, 0.2) is 0 Å². The van der Waals surface area contributed by atoms with Gasteiger partial charge in [0, 0.05) is 40.6 Å². The Morgan fingerprint density at radius 2 is 1.69 bits per heavy atom. The highest BCUT2D eigenvalue weighted by Gasteiger charge is 2.39. The van der Waals surface area contributed by atoms with Crippen molar-refractivity contribution in [2.45, 2.75) is 19.4 Å². The molecule has 0 heterocycles. The molecule has 0 aliphatic carbocycles. The van der Waals surface area contributed by atoms with E-state index in [1.165, 1.54) is 0 Å². The maximum absolute atomic E-state index is 5.49. The first-order chi connectivity index (χ1) is 7.64. The molecular formula is C10H25NO4Si. The van der Waals surface area contributed by atoms with E-state index in [4.69, 9.17) is 23.7 Å². The van der Waals surface area contributed by atoms with Crippen molar-refractivity contribution in [2.75, 3.05) is 41.1 Å². The van der Waals surface area contributed by atoms with Gasteiger partial charge in [-0.3, -0.25) is 0 Å². The summed E-state index contributed by atoms with van der Waals surface area (Å²) < 4.78 is 21.6. The Morgan fingerprint density at radius 3 is 2.12 bits per heavy atom. The lowest BCUT2D eigenvalue weighted by atomic mass is 10.2. The molecule has 98 valence electrons. The molecule has 0 rings (SSSR count). The van der Waals surface area contributed by atoms with Crippen LogP contribution in [0.2, 0.25) is 6.04 Å². The average molecular weight is 251 g/mol. The minimum atomic E-state index is -2.45. The van der Waals surface area contributed by atoms with Crippen molar-refractivity contribution in [1.29, 1.82) is 0 Å². The zero-order valence-corrected chi connectivity index (χ0v) is 11.8. The molecule has 0 fully saturated rings. The van der Waals surface area contributed by atoms with E-state index in [0.29, 0.717) is 25.7 Å². The van der Waals surface area contributed by atoms with Crippen molar-refractivity contribution < 1.29 is 18.0 Å². The van der Waals surface area contributed by atoms with Gasteiger partial charge in [0.2, 0.25) is 0 Å². The van der Waals surface area contributed by atoms with Crippen molar-refractivity contribution in [1.82, 2.24) is 0 Å². The maximum Gasteiger partial charge on any atom is 0.500 e. The van der Waals surface area contributed by atoms with Crippen molar-refractivity contribution in [3.8, 4) is 0 Å². The van der Waals surface area contributed by atoms with Crippen LogP contribution in [0.25, 0.3) is 0 Å². The van der Waals surface area contributed by atoms with Gasteiger partial charge in [0.1, 0.15) is 0 Å². The van der Waals surface area contributed by atoms with Gasteiger partial charge in [-0.05, 0) is 18.9 Å². The fourth-order valence-corrected chi connectivity index (χ4v) is 3.43. The molecule has 0 amide bonds. The molecule has 6 heteroatoms. The molecule has 0 aliphatic rings. The van der Waals surface area contributed by atoms with Crippen molar-refractivity contribution >= 4 is 8.80 Å². The Bertz CT molecular complexity index is 159. The molecule has 0 aliphatic heterocycles. The first-order valence-electron chi connectivity index (χ1n) is 5.57. The third kappa shape index (κ3) is 5.93. The lowest BCUT2D eigenvalue weighted by Gasteiger charge is -2.27. The van der Waals surface area contributed by atoms with Crippen LogP contribution in [0.5, 0.6) is 0 Å². The van der Waals surface area contributed by atoms with Crippen LogP contribution in [0.1, 0.15) is 13.3 Å². The summed E-state index contributed by atoms with van der Waals surface area (Å²) in [4.78, 5) is 0. The Hall–Kier alpha value is 0.0169. The lowest BCUT2D eigenvalue weighted by molar-refractivity contribution is 0.0863. The second kappa shape index (κ2) is 9.09. The number of nitrogens with two attached hydrogens (primary N) is 1. The standard InChI is InChI=1S/C10H25NO4Si/c1-10(8-15-7-5-6-11)9-16(12-2,13-3)14-4/h10H,5-9,11H2,1-4H3. The predicted octanol–water partition coefficient (Wildman–Crippen LogP) is 0.866. The topological polar surface area (TPSA) is 62.9 Å². The van der Waals surface area contributed by atoms with Gasteiger partial charge in [-0.2, -0.15) is 0 Å². The molecule has 0 spiro atoms. The molecule has 0 aromatic carbocycles. The summed E-state index contributed by atoms with van der Waals surface area (Å²) in [5.74, 6) is 0.351. The summed E-state index contributed by atoms with van der Waals surface area (Å²) in [6, 6.07) is 0.763. The number of ether oxygens (including phenoxy) is 1. The zero-order chi connectivity index (χ0) is 12.4. The molecule has 5 nitrogen and oxygen atoms in total. The second-order valence-corrected chi connectivity index (χ2v) is 6.82. The molecule has 1 atom stereocenters. The van der Waals surface area contributed by atoms with Crippen LogP contribution in [0.3, 0.4) is 0 Å². The fraction of sp³-hybridized carbons (Fsp3) is 1.00. The van der Waals surface area contributed by atoms with E-state index in [2.05, 4.69) is 6.92 Å². The van der Waals surface area contributed by atoms with Crippen LogP contribution in [-0.4, -0.2) is 49.9 Å². The molecule has 0 radical (unpaired) electrons. The van der Waals surface area contributed by atoms with E-state index in [1.807, 2.05) is 0 Å². The Balaban J connectivity index is 3.86. The van der Waals surface area contributed by atoms with Gasteiger partial charge in [-0.15, -0.1) is 0 Å². The third-order valence-corrected chi connectivity index (χ3v) is 5.49. The molecule has 0 saturated heterocycles. The second-order valence-electron chi connectivity index (χ2n) is 3.82. The minimum absolute atomic E-state index is 0.351. The highest BCUT2D eigenvalue weighted by molar-refractivity contribution is 6.60. The van der Waals surface area contributed by atoms with Crippen LogP contribution < -0.4 is 5.73 Å². The highest BCUT2D eigenvalue weighted by atomic mass is 28.4. The van der Waals surface area contributed by atoms with Crippen molar-refractivity contribution in [3.63, 3.8) is 0 Å². The van der Waals surface area contributed by atoms with Gasteiger partial charge < -0.3 is 23.7 Å². The van der Waals surface area contributed by atoms with Crippen LogP contribution in [0.15, 0.2) is 0 Å². The molecular weight excluding hydrogens is 226 g/mol. The molecule has 0 aromatic heterocycles. The van der Waals surface area contributed by atoms with E-state index in [9.17, 15) is 0 Å². The van der Waals surface area contributed by atoms with E-state index >= 15 is 0 Å². The number of rotatable bonds is 10. The monoisotopic (exact) mass is 251 g/mol. The van der Waals surface area contributed by atoms with E-state index in [0.717, 1.165) is 12.5 Å². The fourth-order valence-electron chi connectivity index (χ4n) is 1.46. The first kappa shape index (κ1) is 16.0. The first-order valence-corrected chi connectivity index (χ1v) is 7.50.